The van der Waals surface area contributed by atoms with Crippen LogP contribution in [0.2, 0.25) is 0 Å². The number of nitrogens with two attached hydrogens (primary N) is 1. The summed E-state index contributed by atoms with van der Waals surface area (Å²) >= 11 is 0. The van der Waals surface area contributed by atoms with Crippen LogP contribution in [0.25, 0.3) is 0 Å². The van der Waals surface area contributed by atoms with Crippen LogP contribution < -0.4 is 11.1 Å². The molecular formula is C10H16N4O. The molecule has 1 aromatic heterocycles. The summed E-state index contributed by atoms with van der Waals surface area (Å²) in [5.74, 6) is 0.305. The first-order valence-electron chi connectivity index (χ1n) is 4.76. The van der Waals surface area contributed by atoms with Crippen molar-refractivity contribution in [2.24, 2.45) is 5.73 Å². The summed E-state index contributed by atoms with van der Waals surface area (Å²) in [7, 11) is 0. The van der Waals surface area contributed by atoms with Gasteiger partial charge in [-0.15, -0.1) is 5.10 Å². The Bertz CT molecular complexity index is 345. The molecule has 0 saturated heterocycles. The first-order valence-corrected chi connectivity index (χ1v) is 4.76. The Hall–Kier alpha value is -1.65. The van der Waals surface area contributed by atoms with Gasteiger partial charge < -0.3 is 11.1 Å². The number of amides is 1. The fraction of sp³-hybridized carbons (Fsp3) is 0.500. The highest BCUT2D eigenvalue weighted by Crippen LogP contribution is 2.15. The molecule has 0 aliphatic heterocycles. The lowest BCUT2D eigenvalue weighted by atomic mass is 10.0. The van der Waals surface area contributed by atoms with Crippen molar-refractivity contribution in [2.75, 3.05) is 5.32 Å². The molecule has 0 aromatic carbocycles. The van der Waals surface area contributed by atoms with Gasteiger partial charge in [-0.3, -0.25) is 4.79 Å². The van der Waals surface area contributed by atoms with Gasteiger partial charge in [-0.25, -0.2) is 0 Å². The first-order chi connectivity index (χ1) is 6.89. The molecule has 0 unspecified atom stereocenters. The molecule has 0 bridgehead atoms. The van der Waals surface area contributed by atoms with E-state index < -0.39 is 5.54 Å². The number of carbonyl (C=O) groups excluding carboxylic acids is 1. The van der Waals surface area contributed by atoms with Crippen LogP contribution in [-0.4, -0.2) is 21.6 Å². The Labute approximate surface area is 89.1 Å². The van der Waals surface area contributed by atoms with Crippen molar-refractivity contribution in [3.8, 4) is 0 Å². The van der Waals surface area contributed by atoms with E-state index in [1.807, 2.05) is 32.9 Å². The maximum atomic E-state index is 10.8. The van der Waals surface area contributed by atoms with Crippen molar-refractivity contribution in [3.05, 3.63) is 17.8 Å². The van der Waals surface area contributed by atoms with Gasteiger partial charge in [0, 0.05) is 12.0 Å². The van der Waals surface area contributed by atoms with E-state index in [1.54, 1.807) is 0 Å². The first kappa shape index (κ1) is 11.4. The number of primary amides is 1. The number of nitrogens with zero attached hydrogens (tertiary/aromatic N) is 2. The third-order valence-corrected chi connectivity index (χ3v) is 1.88. The van der Waals surface area contributed by atoms with Crippen LogP contribution in [0, 0.1) is 6.92 Å². The van der Waals surface area contributed by atoms with Gasteiger partial charge in [0.2, 0.25) is 5.91 Å². The van der Waals surface area contributed by atoms with E-state index in [9.17, 15) is 4.79 Å². The Balaban J connectivity index is 2.68. The van der Waals surface area contributed by atoms with Gasteiger partial charge in [-0.2, -0.15) is 5.10 Å². The number of carbonyl (C=O) groups is 1. The van der Waals surface area contributed by atoms with Crippen molar-refractivity contribution < 1.29 is 4.79 Å². The highest BCUT2D eigenvalue weighted by atomic mass is 16.1. The monoisotopic (exact) mass is 208 g/mol. The summed E-state index contributed by atoms with van der Waals surface area (Å²) in [6.07, 6.45) is 0.253. The maximum absolute atomic E-state index is 10.8. The van der Waals surface area contributed by atoms with Crippen LogP contribution >= 0.6 is 0 Å². The smallest absolute Gasteiger partial charge is 0.219 e. The van der Waals surface area contributed by atoms with Crippen LogP contribution in [0.15, 0.2) is 12.1 Å². The van der Waals surface area contributed by atoms with E-state index in [0.717, 1.165) is 5.69 Å². The number of anilines is 1. The number of aryl methyl sites for hydroxylation is 1. The highest BCUT2D eigenvalue weighted by Gasteiger charge is 2.20. The average molecular weight is 208 g/mol. The van der Waals surface area contributed by atoms with Gasteiger partial charge in [-0.05, 0) is 32.9 Å². The highest BCUT2D eigenvalue weighted by molar-refractivity contribution is 5.75. The molecule has 15 heavy (non-hydrogen) atoms. The lowest BCUT2D eigenvalue weighted by Gasteiger charge is -2.24. The molecule has 5 heteroatoms. The van der Waals surface area contributed by atoms with E-state index in [0.29, 0.717) is 5.82 Å². The normalized spacial score (nSPS) is 11.1. The molecular weight excluding hydrogens is 192 g/mol. The van der Waals surface area contributed by atoms with Gasteiger partial charge in [0.15, 0.2) is 0 Å². The van der Waals surface area contributed by atoms with Gasteiger partial charge in [0.05, 0.1) is 5.69 Å². The molecule has 0 aliphatic rings. The summed E-state index contributed by atoms with van der Waals surface area (Å²) in [6, 6.07) is 3.68. The number of aromatic nitrogens is 2. The van der Waals surface area contributed by atoms with E-state index in [-0.39, 0.29) is 12.3 Å². The number of hydrogen-bond donors (Lipinski definition) is 2. The van der Waals surface area contributed by atoms with Crippen LogP contribution in [0.3, 0.4) is 0 Å². The summed E-state index contributed by atoms with van der Waals surface area (Å²) < 4.78 is 0. The zero-order chi connectivity index (χ0) is 11.5. The van der Waals surface area contributed by atoms with Crippen LogP contribution in [0.1, 0.15) is 26.0 Å². The zero-order valence-electron chi connectivity index (χ0n) is 9.24. The molecule has 5 nitrogen and oxygen atoms in total. The van der Waals surface area contributed by atoms with Gasteiger partial charge >= 0.3 is 0 Å². The molecule has 0 spiro atoms. The Kier molecular flexibility index (Phi) is 3.24. The van der Waals surface area contributed by atoms with Crippen molar-refractivity contribution in [1.82, 2.24) is 10.2 Å². The molecule has 0 fully saturated rings. The molecule has 0 aliphatic carbocycles. The predicted octanol–water partition coefficient (Wildman–Crippen LogP) is 0.851. The average Bonchev–Trinajstić information content (AvgIpc) is 2.06. The summed E-state index contributed by atoms with van der Waals surface area (Å²) in [5, 5.41) is 11.0. The fourth-order valence-corrected chi connectivity index (χ4v) is 1.29. The van der Waals surface area contributed by atoms with Gasteiger partial charge in [0.1, 0.15) is 5.82 Å². The van der Waals surface area contributed by atoms with E-state index in [1.165, 1.54) is 0 Å². The lowest BCUT2D eigenvalue weighted by Crippen LogP contribution is -2.36. The quantitative estimate of drug-likeness (QED) is 0.768. The van der Waals surface area contributed by atoms with Crippen molar-refractivity contribution in [3.63, 3.8) is 0 Å². The lowest BCUT2D eigenvalue weighted by molar-refractivity contribution is -0.118. The fourth-order valence-electron chi connectivity index (χ4n) is 1.29. The second-order valence-corrected chi connectivity index (χ2v) is 4.21. The molecule has 82 valence electrons. The van der Waals surface area contributed by atoms with Gasteiger partial charge in [-0.1, -0.05) is 0 Å². The van der Waals surface area contributed by atoms with Crippen molar-refractivity contribution in [2.45, 2.75) is 32.7 Å². The third-order valence-electron chi connectivity index (χ3n) is 1.88. The molecule has 0 saturated carbocycles. The Morgan fingerprint density at radius 2 is 2.13 bits per heavy atom. The third kappa shape index (κ3) is 3.93. The molecule has 1 rings (SSSR count). The van der Waals surface area contributed by atoms with E-state index in [2.05, 4.69) is 15.5 Å². The zero-order valence-corrected chi connectivity index (χ0v) is 9.24. The Morgan fingerprint density at radius 3 is 2.60 bits per heavy atom. The minimum atomic E-state index is -0.407. The van der Waals surface area contributed by atoms with Crippen molar-refractivity contribution >= 4 is 11.7 Å². The predicted molar refractivity (Wildman–Crippen MR) is 58.3 cm³/mol. The van der Waals surface area contributed by atoms with Gasteiger partial charge in [0.25, 0.3) is 0 Å². The summed E-state index contributed by atoms with van der Waals surface area (Å²) in [5.41, 5.74) is 5.59. The van der Waals surface area contributed by atoms with Crippen LogP contribution in [0.5, 0.6) is 0 Å². The molecule has 3 N–H and O–H groups in total. The SMILES string of the molecule is Cc1ccc(NC(C)(C)CC(N)=O)nn1. The standard InChI is InChI=1S/C10H16N4O/c1-7-4-5-9(14-13-7)12-10(2,3)6-8(11)15/h4-5H,6H2,1-3H3,(H2,11,15)(H,12,14). The second-order valence-electron chi connectivity index (χ2n) is 4.21. The molecule has 0 radical (unpaired) electrons. The van der Waals surface area contributed by atoms with Crippen LogP contribution in [0.4, 0.5) is 5.82 Å². The Morgan fingerprint density at radius 1 is 1.47 bits per heavy atom. The number of hydrogen-bond acceptors (Lipinski definition) is 4. The molecule has 1 heterocycles. The topological polar surface area (TPSA) is 80.9 Å². The van der Waals surface area contributed by atoms with Crippen molar-refractivity contribution in [1.29, 1.82) is 0 Å². The van der Waals surface area contributed by atoms with Crippen LogP contribution in [-0.2, 0) is 4.79 Å². The number of rotatable bonds is 4. The molecule has 1 aromatic rings. The summed E-state index contributed by atoms with van der Waals surface area (Å²) in [4.78, 5) is 10.8. The minimum Gasteiger partial charge on any atom is -0.370 e. The van der Waals surface area contributed by atoms with E-state index in [4.69, 9.17) is 5.73 Å². The second kappa shape index (κ2) is 4.25. The summed E-state index contributed by atoms with van der Waals surface area (Å²) in [6.45, 7) is 5.64. The minimum absolute atomic E-state index is 0.253. The molecule has 1 amide bonds. The number of nitrogens with one attached hydrogen (secondary N) is 1. The van der Waals surface area contributed by atoms with E-state index >= 15 is 0 Å². The maximum Gasteiger partial charge on any atom is 0.219 e. The molecule has 0 atom stereocenters. The largest absolute Gasteiger partial charge is 0.370 e.